The number of benzene rings is 1. The minimum absolute atomic E-state index is 0.109. The third kappa shape index (κ3) is 3.34. The topological polar surface area (TPSA) is 35.2 Å². The summed E-state index contributed by atoms with van der Waals surface area (Å²) in [4.78, 5) is 0. The molecule has 0 aliphatic carbocycles. The number of nitrogen functional groups attached to an aromatic ring is 1. The van der Waals surface area contributed by atoms with Crippen molar-refractivity contribution >= 4 is 5.69 Å². The molecule has 1 aromatic rings. The van der Waals surface area contributed by atoms with Crippen LogP contribution in [-0.4, -0.2) is 12.8 Å². The fourth-order valence-corrected chi connectivity index (χ4v) is 1.34. The van der Waals surface area contributed by atoms with Crippen LogP contribution in [0, 0.1) is 13.8 Å². The Kier molecular flexibility index (Phi) is 3.12. The molecule has 2 nitrogen and oxygen atoms in total. The van der Waals surface area contributed by atoms with E-state index in [1.54, 1.807) is 19.1 Å². The molecule has 1 rings (SSSR count). The van der Waals surface area contributed by atoms with E-state index in [2.05, 4.69) is 4.74 Å². The van der Waals surface area contributed by atoms with E-state index in [1.165, 1.54) is 0 Å². The van der Waals surface area contributed by atoms with Gasteiger partial charge in [0.25, 0.3) is 0 Å². The second kappa shape index (κ2) is 4.00. The molecule has 0 fully saturated rings. The van der Waals surface area contributed by atoms with E-state index in [-0.39, 0.29) is 11.4 Å². The van der Waals surface area contributed by atoms with Gasteiger partial charge in [0.15, 0.2) is 6.61 Å². The molecule has 0 spiro atoms. The van der Waals surface area contributed by atoms with E-state index < -0.39 is 12.8 Å². The number of aryl methyl sites for hydroxylation is 2. The van der Waals surface area contributed by atoms with Crippen LogP contribution in [0.3, 0.4) is 0 Å². The molecule has 0 aliphatic heterocycles. The Hall–Kier alpha value is -1.39. The summed E-state index contributed by atoms with van der Waals surface area (Å²) < 4.78 is 40.4. The normalized spacial score (nSPS) is 11.5. The minimum atomic E-state index is -4.34. The lowest BCUT2D eigenvalue weighted by Crippen LogP contribution is -2.20. The van der Waals surface area contributed by atoms with Crippen molar-refractivity contribution in [1.82, 2.24) is 0 Å². The molecule has 0 saturated heterocycles. The van der Waals surface area contributed by atoms with E-state index in [0.29, 0.717) is 5.56 Å². The lowest BCUT2D eigenvalue weighted by Gasteiger charge is -2.14. The Labute approximate surface area is 85.8 Å². The van der Waals surface area contributed by atoms with Crippen molar-refractivity contribution in [2.24, 2.45) is 0 Å². The first-order valence-corrected chi connectivity index (χ1v) is 4.36. The lowest BCUT2D eigenvalue weighted by atomic mass is 10.1. The highest BCUT2D eigenvalue weighted by Gasteiger charge is 2.29. The van der Waals surface area contributed by atoms with E-state index in [4.69, 9.17) is 5.73 Å². The monoisotopic (exact) mass is 219 g/mol. The van der Waals surface area contributed by atoms with Gasteiger partial charge in [-0.2, -0.15) is 13.2 Å². The van der Waals surface area contributed by atoms with Crippen LogP contribution < -0.4 is 10.5 Å². The predicted octanol–water partition coefficient (Wildman–Crippen LogP) is 2.83. The fourth-order valence-electron chi connectivity index (χ4n) is 1.34. The van der Waals surface area contributed by atoms with Gasteiger partial charge in [0.05, 0.1) is 5.69 Å². The number of nitrogens with two attached hydrogens (primary N) is 1. The highest BCUT2D eigenvalue weighted by Crippen LogP contribution is 2.29. The highest BCUT2D eigenvalue weighted by atomic mass is 19.4. The Morgan fingerprint density at radius 1 is 1.27 bits per heavy atom. The van der Waals surface area contributed by atoms with Crippen molar-refractivity contribution in [2.45, 2.75) is 20.0 Å². The van der Waals surface area contributed by atoms with Gasteiger partial charge < -0.3 is 10.5 Å². The van der Waals surface area contributed by atoms with Crippen LogP contribution in [0.1, 0.15) is 11.1 Å². The first-order chi connectivity index (χ1) is 6.79. The molecule has 0 saturated carbocycles. The largest absolute Gasteiger partial charge is 0.482 e. The van der Waals surface area contributed by atoms with E-state index in [1.807, 2.05) is 6.92 Å². The molecule has 0 radical (unpaired) electrons. The molecular weight excluding hydrogens is 207 g/mol. The van der Waals surface area contributed by atoms with E-state index in [9.17, 15) is 13.2 Å². The second-order valence-corrected chi connectivity index (χ2v) is 3.40. The molecule has 0 atom stereocenters. The number of alkyl halides is 3. The summed E-state index contributed by atoms with van der Waals surface area (Å²) in [5, 5.41) is 0. The summed E-state index contributed by atoms with van der Waals surface area (Å²) in [6.07, 6.45) is -4.34. The molecule has 0 unspecified atom stereocenters. The van der Waals surface area contributed by atoms with Gasteiger partial charge >= 0.3 is 6.18 Å². The minimum Gasteiger partial charge on any atom is -0.482 e. The van der Waals surface area contributed by atoms with Crippen LogP contribution in [0.2, 0.25) is 0 Å². The molecule has 0 amide bonds. The van der Waals surface area contributed by atoms with Gasteiger partial charge in [0.2, 0.25) is 0 Å². The van der Waals surface area contributed by atoms with Crippen LogP contribution in [-0.2, 0) is 0 Å². The molecule has 1 aromatic carbocycles. The van der Waals surface area contributed by atoms with Gasteiger partial charge in [-0.25, -0.2) is 0 Å². The molecule has 2 N–H and O–H groups in total. The maximum Gasteiger partial charge on any atom is 0.422 e. The van der Waals surface area contributed by atoms with Crippen LogP contribution in [0.15, 0.2) is 12.1 Å². The molecule has 0 aliphatic rings. The van der Waals surface area contributed by atoms with E-state index in [0.717, 1.165) is 5.56 Å². The highest BCUT2D eigenvalue weighted by molar-refractivity contribution is 5.58. The number of hydrogen-bond acceptors (Lipinski definition) is 2. The van der Waals surface area contributed by atoms with E-state index >= 15 is 0 Å². The lowest BCUT2D eigenvalue weighted by molar-refractivity contribution is -0.153. The molecule has 84 valence electrons. The summed E-state index contributed by atoms with van der Waals surface area (Å²) in [7, 11) is 0. The SMILES string of the molecule is Cc1cc(C)c(OCC(F)(F)F)c(N)c1. The average Bonchev–Trinajstić information content (AvgIpc) is 1.99. The van der Waals surface area contributed by atoms with Gasteiger partial charge in [-0.3, -0.25) is 0 Å². The van der Waals surface area contributed by atoms with Gasteiger partial charge in [0, 0.05) is 0 Å². The second-order valence-electron chi connectivity index (χ2n) is 3.40. The van der Waals surface area contributed by atoms with Crippen LogP contribution >= 0.6 is 0 Å². The van der Waals surface area contributed by atoms with Gasteiger partial charge in [-0.05, 0) is 31.0 Å². The molecular formula is C10H12F3NO. The summed E-state index contributed by atoms with van der Waals surface area (Å²) >= 11 is 0. The quantitative estimate of drug-likeness (QED) is 0.776. The standard InChI is InChI=1S/C10H12F3NO/c1-6-3-7(2)9(8(14)4-6)15-5-10(11,12)13/h3-4H,5,14H2,1-2H3. The van der Waals surface area contributed by atoms with Crippen LogP contribution in [0.4, 0.5) is 18.9 Å². The van der Waals surface area contributed by atoms with Gasteiger partial charge in [-0.1, -0.05) is 6.07 Å². The summed E-state index contributed by atoms with van der Waals surface area (Å²) in [6, 6.07) is 3.31. The average molecular weight is 219 g/mol. The molecule has 15 heavy (non-hydrogen) atoms. The summed E-state index contributed by atoms with van der Waals surface area (Å²) in [5.74, 6) is 0.109. The number of halogens is 3. The van der Waals surface area contributed by atoms with Crippen molar-refractivity contribution in [3.63, 3.8) is 0 Å². The first kappa shape index (κ1) is 11.7. The van der Waals surface area contributed by atoms with Gasteiger partial charge in [-0.15, -0.1) is 0 Å². The van der Waals surface area contributed by atoms with Crippen molar-refractivity contribution < 1.29 is 17.9 Å². The fraction of sp³-hybridized carbons (Fsp3) is 0.400. The number of ether oxygens (including phenoxy) is 1. The maximum atomic E-state index is 11.9. The smallest absolute Gasteiger partial charge is 0.422 e. The number of rotatable bonds is 2. The summed E-state index contributed by atoms with van der Waals surface area (Å²) in [5.41, 5.74) is 7.29. The first-order valence-electron chi connectivity index (χ1n) is 4.36. The Bertz CT molecular complexity index is 337. The van der Waals surface area contributed by atoms with Crippen molar-refractivity contribution in [2.75, 3.05) is 12.3 Å². The van der Waals surface area contributed by atoms with Crippen molar-refractivity contribution in [1.29, 1.82) is 0 Å². The number of anilines is 1. The zero-order valence-corrected chi connectivity index (χ0v) is 8.48. The van der Waals surface area contributed by atoms with Gasteiger partial charge in [0.1, 0.15) is 5.75 Å². The van der Waals surface area contributed by atoms with Crippen molar-refractivity contribution in [3.8, 4) is 5.75 Å². The molecule has 0 bridgehead atoms. The Balaban J connectivity index is 2.86. The number of hydrogen-bond donors (Lipinski definition) is 1. The predicted molar refractivity (Wildman–Crippen MR) is 51.9 cm³/mol. The zero-order chi connectivity index (χ0) is 11.6. The summed E-state index contributed by atoms with van der Waals surface area (Å²) in [6.45, 7) is 2.16. The van der Waals surface area contributed by atoms with Crippen molar-refractivity contribution in [3.05, 3.63) is 23.3 Å². The Morgan fingerprint density at radius 3 is 2.33 bits per heavy atom. The molecule has 0 aromatic heterocycles. The third-order valence-electron chi connectivity index (χ3n) is 1.83. The Morgan fingerprint density at radius 2 is 1.87 bits per heavy atom. The third-order valence-corrected chi connectivity index (χ3v) is 1.83. The van der Waals surface area contributed by atoms with Crippen LogP contribution in [0.25, 0.3) is 0 Å². The zero-order valence-electron chi connectivity index (χ0n) is 8.48. The molecule has 0 heterocycles. The van der Waals surface area contributed by atoms with Crippen LogP contribution in [0.5, 0.6) is 5.75 Å². The molecule has 5 heteroatoms. The maximum absolute atomic E-state index is 11.9.